The number of hydrogen-bond acceptors (Lipinski definition) is 6. The average molecular weight is 379 g/mol. The number of hydrogen-bond donors (Lipinski definition) is 3. The molecular weight excluding hydrogens is 352 g/mol. The van der Waals surface area contributed by atoms with Gasteiger partial charge in [0.15, 0.2) is 6.29 Å². The lowest BCUT2D eigenvalue weighted by Gasteiger charge is -2.28. The van der Waals surface area contributed by atoms with E-state index in [9.17, 15) is 9.59 Å². The summed E-state index contributed by atoms with van der Waals surface area (Å²) in [5.41, 5.74) is 7.23. The van der Waals surface area contributed by atoms with E-state index >= 15 is 0 Å². The van der Waals surface area contributed by atoms with Gasteiger partial charge < -0.3 is 0 Å². The minimum atomic E-state index is -0.504. The molecule has 2 unspecified atom stereocenters. The molecule has 0 spiro atoms. The van der Waals surface area contributed by atoms with Crippen LogP contribution in [0.15, 0.2) is 41.3 Å². The fraction of sp³-hybridized carbons (Fsp3) is 0.474. The Balaban J connectivity index is 0.000000236. The number of thioether (sulfide) groups is 1. The van der Waals surface area contributed by atoms with Gasteiger partial charge in [0.25, 0.3) is 0 Å². The Hall–Kier alpha value is -1.08. The van der Waals surface area contributed by atoms with Gasteiger partial charge in [-0.15, -0.1) is 24.4 Å². The van der Waals surface area contributed by atoms with Crippen LogP contribution in [0.25, 0.3) is 0 Å². The van der Waals surface area contributed by atoms with Gasteiger partial charge in [0.1, 0.15) is 6.04 Å². The van der Waals surface area contributed by atoms with Crippen molar-refractivity contribution in [1.29, 1.82) is 0 Å². The molecule has 2 N–H and O–H groups in total. The number of benzene rings is 1. The van der Waals surface area contributed by atoms with E-state index in [1.165, 1.54) is 37.7 Å². The van der Waals surface area contributed by atoms with Crippen LogP contribution in [-0.4, -0.2) is 28.7 Å². The summed E-state index contributed by atoms with van der Waals surface area (Å²) in [7, 11) is 0. The monoisotopic (exact) mass is 378 g/mol. The number of nitrogens with one attached hydrogen (secondary N) is 2. The molecule has 25 heavy (non-hydrogen) atoms. The SMILES string of the molecule is Cc1ccc(S)cc1.O=CC(=O)C1C=CC(SC2CCCCC2)NN1. The molecule has 0 aromatic heterocycles. The quantitative estimate of drug-likeness (QED) is 0.324. The van der Waals surface area contributed by atoms with Gasteiger partial charge in [-0.05, 0) is 31.9 Å². The van der Waals surface area contributed by atoms with Crippen molar-refractivity contribution in [2.45, 2.75) is 60.6 Å². The molecule has 1 aromatic carbocycles. The maximum Gasteiger partial charge on any atom is 0.217 e. The predicted molar refractivity (Wildman–Crippen MR) is 107 cm³/mol. The number of thiol groups is 1. The summed E-state index contributed by atoms with van der Waals surface area (Å²) in [5, 5.41) is 0.917. The number of aldehydes is 1. The van der Waals surface area contributed by atoms with Gasteiger partial charge in [-0.1, -0.05) is 49.1 Å². The molecule has 2 atom stereocenters. The zero-order valence-electron chi connectivity index (χ0n) is 14.5. The van der Waals surface area contributed by atoms with Crippen LogP contribution in [-0.2, 0) is 9.59 Å². The van der Waals surface area contributed by atoms with Crippen LogP contribution < -0.4 is 10.9 Å². The van der Waals surface area contributed by atoms with Crippen molar-refractivity contribution in [3.05, 3.63) is 42.0 Å². The Morgan fingerprint density at radius 2 is 1.80 bits per heavy atom. The lowest BCUT2D eigenvalue weighted by atomic mass is 10.0. The molecule has 136 valence electrons. The number of ketones is 1. The highest BCUT2D eigenvalue weighted by atomic mass is 32.2. The van der Waals surface area contributed by atoms with Crippen molar-refractivity contribution in [3.63, 3.8) is 0 Å². The van der Waals surface area contributed by atoms with Crippen molar-refractivity contribution < 1.29 is 9.59 Å². The van der Waals surface area contributed by atoms with Gasteiger partial charge >= 0.3 is 0 Å². The van der Waals surface area contributed by atoms with Crippen molar-refractivity contribution >= 4 is 36.5 Å². The Kier molecular flexibility index (Phi) is 8.75. The van der Waals surface area contributed by atoms with Gasteiger partial charge in [-0.3, -0.25) is 9.59 Å². The smallest absolute Gasteiger partial charge is 0.217 e. The van der Waals surface area contributed by atoms with Crippen LogP contribution >= 0.6 is 24.4 Å². The number of carbonyl (C=O) groups is 2. The van der Waals surface area contributed by atoms with Crippen molar-refractivity contribution in [3.8, 4) is 0 Å². The first-order valence-corrected chi connectivity index (χ1v) is 10.1. The first-order valence-electron chi connectivity index (χ1n) is 8.68. The number of rotatable bonds is 4. The first kappa shape index (κ1) is 20.2. The summed E-state index contributed by atoms with van der Waals surface area (Å²) in [6, 6.07) is 7.55. The molecule has 1 aliphatic heterocycles. The van der Waals surface area contributed by atoms with Crippen LogP contribution in [0.1, 0.15) is 37.7 Å². The lowest BCUT2D eigenvalue weighted by molar-refractivity contribution is -0.130. The summed E-state index contributed by atoms with van der Waals surface area (Å²) in [4.78, 5) is 22.5. The molecule has 1 aromatic rings. The minimum Gasteiger partial charge on any atom is -0.295 e. The molecule has 2 aliphatic rings. The normalized spacial score (nSPS) is 23.4. The largest absolute Gasteiger partial charge is 0.295 e. The maximum atomic E-state index is 11.1. The fourth-order valence-corrected chi connectivity index (χ4v) is 4.24. The highest BCUT2D eigenvalue weighted by Gasteiger charge is 2.23. The second kappa shape index (κ2) is 10.8. The maximum absolute atomic E-state index is 11.1. The number of carbonyl (C=O) groups excluding carboxylic acids is 2. The summed E-state index contributed by atoms with van der Waals surface area (Å²) in [6.07, 6.45) is 10.7. The predicted octanol–water partition coefficient (Wildman–Crippen LogP) is 3.46. The van der Waals surface area contributed by atoms with Gasteiger partial charge in [-0.2, -0.15) is 0 Å². The topological polar surface area (TPSA) is 58.2 Å². The molecule has 4 nitrogen and oxygen atoms in total. The number of aryl methyl sites for hydroxylation is 1. The molecule has 1 saturated carbocycles. The highest BCUT2D eigenvalue weighted by molar-refractivity contribution is 8.00. The van der Waals surface area contributed by atoms with E-state index in [1.54, 1.807) is 6.08 Å². The van der Waals surface area contributed by atoms with Crippen LogP contribution in [0.3, 0.4) is 0 Å². The molecule has 1 heterocycles. The molecule has 0 radical (unpaired) electrons. The fourth-order valence-electron chi connectivity index (χ4n) is 2.75. The molecule has 0 bridgehead atoms. The number of hydrazine groups is 1. The molecular formula is C19H26N2O2S2. The third kappa shape index (κ3) is 7.36. The molecule has 0 saturated heterocycles. The van der Waals surface area contributed by atoms with Gasteiger partial charge in [0.2, 0.25) is 5.78 Å². The van der Waals surface area contributed by atoms with Crippen molar-refractivity contribution in [1.82, 2.24) is 10.9 Å². The first-order chi connectivity index (χ1) is 12.1. The van der Waals surface area contributed by atoms with E-state index < -0.39 is 11.8 Å². The van der Waals surface area contributed by atoms with Crippen LogP contribution in [0.5, 0.6) is 0 Å². The third-order valence-corrected chi connectivity index (χ3v) is 5.93. The number of Topliss-reactive ketones (excluding diaryl/α,β-unsaturated/α-hetero) is 1. The van der Waals surface area contributed by atoms with Crippen molar-refractivity contribution in [2.24, 2.45) is 0 Å². The third-order valence-electron chi connectivity index (χ3n) is 4.21. The second-order valence-electron chi connectivity index (χ2n) is 6.32. The lowest BCUT2D eigenvalue weighted by Crippen LogP contribution is -2.51. The van der Waals surface area contributed by atoms with E-state index in [-0.39, 0.29) is 5.37 Å². The van der Waals surface area contributed by atoms with Crippen molar-refractivity contribution in [2.75, 3.05) is 0 Å². The zero-order chi connectivity index (χ0) is 18.1. The molecule has 0 amide bonds. The van der Waals surface area contributed by atoms with Gasteiger partial charge in [-0.25, -0.2) is 10.9 Å². The van der Waals surface area contributed by atoms with Gasteiger partial charge in [0.05, 0.1) is 5.37 Å². The van der Waals surface area contributed by atoms with Crippen LogP contribution in [0.4, 0.5) is 0 Å². The van der Waals surface area contributed by atoms with Crippen LogP contribution in [0.2, 0.25) is 0 Å². The van der Waals surface area contributed by atoms with E-state index in [2.05, 4.69) is 30.4 Å². The average Bonchev–Trinajstić information content (AvgIpc) is 2.65. The van der Waals surface area contributed by atoms with Crippen LogP contribution in [0, 0.1) is 6.92 Å². The molecule has 1 aliphatic carbocycles. The summed E-state index contributed by atoms with van der Waals surface area (Å²) >= 11 is 6.03. The van der Waals surface area contributed by atoms with E-state index in [4.69, 9.17) is 0 Å². The molecule has 3 rings (SSSR count). The van der Waals surface area contributed by atoms with E-state index in [1.807, 2.05) is 42.1 Å². The van der Waals surface area contributed by atoms with E-state index in [0.29, 0.717) is 11.5 Å². The Labute approximate surface area is 159 Å². The summed E-state index contributed by atoms with van der Waals surface area (Å²) < 4.78 is 0. The molecule has 6 heteroatoms. The molecule has 1 fully saturated rings. The van der Waals surface area contributed by atoms with Gasteiger partial charge in [0, 0.05) is 10.1 Å². The zero-order valence-corrected chi connectivity index (χ0v) is 16.2. The minimum absolute atomic E-state index is 0.203. The Bertz CT molecular complexity index is 563. The summed E-state index contributed by atoms with van der Waals surface area (Å²) in [5.74, 6) is -0.435. The highest BCUT2D eigenvalue weighted by Crippen LogP contribution is 2.31. The standard InChI is InChI=1S/C12H18N2O2S.C7H8S/c15-8-11(16)10-6-7-12(14-13-10)17-9-4-2-1-3-5-9;1-6-2-4-7(8)5-3-6/h6-10,12-14H,1-5H2;2-5,8H,1H3. The Morgan fingerprint density at radius 1 is 1.12 bits per heavy atom. The Morgan fingerprint density at radius 3 is 2.32 bits per heavy atom. The summed E-state index contributed by atoms with van der Waals surface area (Å²) in [6.45, 7) is 2.06. The second-order valence-corrected chi connectivity index (χ2v) is 8.29. The van der Waals surface area contributed by atoms with E-state index in [0.717, 1.165) is 4.90 Å².